The lowest BCUT2D eigenvalue weighted by atomic mass is 9.94. The molecule has 0 saturated carbocycles. The molecular weight excluding hydrogens is 460 g/mol. The minimum atomic E-state index is -0.777. The summed E-state index contributed by atoms with van der Waals surface area (Å²) in [7, 11) is 0. The number of carbonyl (C=O) groups is 2. The highest BCUT2D eigenvalue weighted by Gasteiger charge is 2.31. The maximum atomic E-state index is 13.2. The van der Waals surface area contributed by atoms with Crippen LogP contribution in [0.5, 0.6) is 11.5 Å². The van der Waals surface area contributed by atoms with Crippen molar-refractivity contribution in [1.29, 1.82) is 0 Å². The van der Waals surface area contributed by atoms with Crippen LogP contribution in [0.25, 0.3) is 0 Å². The van der Waals surface area contributed by atoms with E-state index in [1.54, 1.807) is 61.5 Å². The molecule has 0 fully saturated rings. The molecule has 0 spiro atoms. The number of ether oxygens (including phenoxy) is 1. The van der Waals surface area contributed by atoms with Gasteiger partial charge in [0.25, 0.3) is 11.6 Å². The number of halogens is 1. The Balaban J connectivity index is 1.62. The fraction of sp³-hybridized carbons (Fsp3) is 0.0833. The second-order valence-electron chi connectivity index (χ2n) is 7.46. The van der Waals surface area contributed by atoms with E-state index in [1.165, 1.54) is 18.2 Å². The zero-order valence-corrected chi connectivity index (χ0v) is 18.6. The molecule has 0 radical (unpaired) electrons. The molecule has 34 heavy (non-hydrogen) atoms. The van der Waals surface area contributed by atoms with Gasteiger partial charge in [0.15, 0.2) is 0 Å². The number of carbonyl (C=O) groups excluding carboxylic acids is 2. The van der Waals surface area contributed by atoms with E-state index in [1.807, 2.05) is 0 Å². The SMILES string of the molecule is CC1=C(C(=O)Nc2cccc([N+](=O)[O-])c2)[C@@H](c2cccc(Oc3ccc(Cl)cc3)c2)NC(=O)N1. The van der Waals surface area contributed by atoms with Gasteiger partial charge in [0, 0.05) is 28.5 Å². The van der Waals surface area contributed by atoms with Gasteiger partial charge in [0.1, 0.15) is 11.5 Å². The maximum absolute atomic E-state index is 13.2. The van der Waals surface area contributed by atoms with E-state index in [0.29, 0.717) is 27.8 Å². The molecule has 3 N–H and O–H groups in total. The number of nitrogens with zero attached hydrogens (tertiary/aromatic N) is 1. The van der Waals surface area contributed by atoms with Crippen LogP contribution in [0.2, 0.25) is 5.02 Å². The smallest absolute Gasteiger partial charge is 0.319 e. The monoisotopic (exact) mass is 478 g/mol. The summed E-state index contributed by atoms with van der Waals surface area (Å²) in [6, 6.07) is 18.2. The Labute approximate surface area is 199 Å². The molecule has 0 aromatic heterocycles. The summed E-state index contributed by atoms with van der Waals surface area (Å²) in [5.74, 6) is 0.564. The van der Waals surface area contributed by atoms with Gasteiger partial charge in [0.05, 0.1) is 16.5 Å². The normalized spacial score (nSPS) is 15.2. The summed E-state index contributed by atoms with van der Waals surface area (Å²) in [6.45, 7) is 1.61. The molecule has 3 amide bonds. The molecular formula is C24H19ClN4O5. The number of amides is 3. The second kappa shape index (κ2) is 9.63. The van der Waals surface area contributed by atoms with Crippen molar-refractivity contribution in [3.8, 4) is 11.5 Å². The van der Waals surface area contributed by atoms with E-state index < -0.39 is 22.9 Å². The molecule has 9 nitrogen and oxygen atoms in total. The third-order valence-corrected chi connectivity index (χ3v) is 5.32. The van der Waals surface area contributed by atoms with Crippen molar-refractivity contribution >= 4 is 34.9 Å². The molecule has 10 heteroatoms. The van der Waals surface area contributed by atoms with Crippen LogP contribution in [0, 0.1) is 10.1 Å². The van der Waals surface area contributed by atoms with E-state index in [4.69, 9.17) is 16.3 Å². The molecule has 0 unspecified atom stereocenters. The van der Waals surface area contributed by atoms with Gasteiger partial charge < -0.3 is 20.7 Å². The Hall–Kier alpha value is -4.37. The van der Waals surface area contributed by atoms with Crippen molar-refractivity contribution in [2.75, 3.05) is 5.32 Å². The van der Waals surface area contributed by atoms with Crippen LogP contribution in [0.1, 0.15) is 18.5 Å². The van der Waals surface area contributed by atoms with Gasteiger partial charge in [-0.3, -0.25) is 14.9 Å². The summed E-state index contributed by atoms with van der Waals surface area (Å²) < 4.78 is 5.88. The molecule has 0 saturated heterocycles. The minimum absolute atomic E-state index is 0.151. The van der Waals surface area contributed by atoms with E-state index >= 15 is 0 Å². The molecule has 1 aliphatic rings. The lowest BCUT2D eigenvalue weighted by Crippen LogP contribution is -2.45. The van der Waals surface area contributed by atoms with Crippen molar-refractivity contribution in [1.82, 2.24) is 10.6 Å². The van der Waals surface area contributed by atoms with Crippen LogP contribution < -0.4 is 20.7 Å². The zero-order valence-electron chi connectivity index (χ0n) is 17.9. The van der Waals surface area contributed by atoms with Crippen LogP contribution in [-0.2, 0) is 4.79 Å². The predicted octanol–water partition coefficient (Wildman–Crippen LogP) is 5.31. The first-order valence-electron chi connectivity index (χ1n) is 10.2. The van der Waals surface area contributed by atoms with Crippen LogP contribution in [0.15, 0.2) is 84.1 Å². The standard InChI is InChI=1S/C24H19ClN4O5/c1-14-21(23(30)27-17-5-3-6-18(13-17)29(32)33)22(28-24(31)26-14)15-4-2-7-20(12-15)34-19-10-8-16(25)9-11-19/h2-13,22H,1H3,(H,27,30)(H2,26,28,31)/t22-/m1/s1. The molecule has 1 aliphatic heterocycles. The average molecular weight is 479 g/mol. The van der Waals surface area contributed by atoms with Crippen LogP contribution in [0.3, 0.4) is 0 Å². The van der Waals surface area contributed by atoms with Gasteiger partial charge in [-0.15, -0.1) is 0 Å². The Bertz CT molecular complexity index is 1310. The highest BCUT2D eigenvalue weighted by Crippen LogP contribution is 2.32. The lowest BCUT2D eigenvalue weighted by Gasteiger charge is -2.29. The van der Waals surface area contributed by atoms with Gasteiger partial charge in [-0.1, -0.05) is 29.8 Å². The van der Waals surface area contributed by atoms with Crippen molar-refractivity contribution in [3.05, 3.63) is 105 Å². The van der Waals surface area contributed by atoms with E-state index in [9.17, 15) is 19.7 Å². The zero-order chi connectivity index (χ0) is 24.2. The molecule has 4 rings (SSSR count). The Morgan fingerprint density at radius 1 is 1.06 bits per heavy atom. The average Bonchev–Trinajstić information content (AvgIpc) is 2.80. The first-order valence-corrected chi connectivity index (χ1v) is 10.6. The number of nitrogens with one attached hydrogen (secondary N) is 3. The van der Waals surface area contributed by atoms with Gasteiger partial charge in [-0.2, -0.15) is 0 Å². The summed E-state index contributed by atoms with van der Waals surface area (Å²) in [4.78, 5) is 35.9. The Morgan fingerprint density at radius 2 is 1.79 bits per heavy atom. The largest absolute Gasteiger partial charge is 0.457 e. The van der Waals surface area contributed by atoms with Crippen molar-refractivity contribution in [3.63, 3.8) is 0 Å². The highest BCUT2D eigenvalue weighted by molar-refractivity contribution is 6.30. The van der Waals surface area contributed by atoms with Gasteiger partial charge in [-0.05, 0) is 55.0 Å². The molecule has 0 aliphatic carbocycles. The number of hydrogen-bond acceptors (Lipinski definition) is 5. The van der Waals surface area contributed by atoms with Gasteiger partial charge >= 0.3 is 6.03 Å². The molecule has 0 bridgehead atoms. The quantitative estimate of drug-likeness (QED) is 0.327. The lowest BCUT2D eigenvalue weighted by molar-refractivity contribution is -0.384. The van der Waals surface area contributed by atoms with Crippen molar-refractivity contribution in [2.24, 2.45) is 0 Å². The summed E-state index contributed by atoms with van der Waals surface area (Å²) in [6.07, 6.45) is 0. The van der Waals surface area contributed by atoms with E-state index in [2.05, 4.69) is 16.0 Å². The number of rotatable bonds is 6. The first-order chi connectivity index (χ1) is 16.3. The molecule has 3 aromatic rings. The first kappa shape index (κ1) is 22.8. The highest BCUT2D eigenvalue weighted by atomic mass is 35.5. The van der Waals surface area contributed by atoms with Crippen molar-refractivity contribution < 1.29 is 19.2 Å². The second-order valence-corrected chi connectivity index (χ2v) is 7.90. The number of urea groups is 1. The van der Waals surface area contributed by atoms with Crippen molar-refractivity contribution in [2.45, 2.75) is 13.0 Å². The topological polar surface area (TPSA) is 123 Å². The Kier molecular flexibility index (Phi) is 6.46. The number of anilines is 1. The molecule has 1 heterocycles. The summed E-state index contributed by atoms with van der Waals surface area (Å²) in [5, 5.41) is 19.7. The number of nitro groups is 1. The minimum Gasteiger partial charge on any atom is -0.457 e. The number of hydrogen-bond donors (Lipinski definition) is 3. The fourth-order valence-corrected chi connectivity index (χ4v) is 3.66. The van der Waals surface area contributed by atoms with Gasteiger partial charge in [-0.25, -0.2) is 4.79 Å². The number of benzene rings is 3. The Morgan fingerprint density at radius 3 is 2.53 bits per heavy atom. The van der Waals surface area contributed by atoms with Crippen LogP contribution in [0.4, 0.5) is 16.2 Å². The fourth-order valence-electron chi connectivity index (χ4n) is 3.54. The number of non-ortho nitro benzene ring substituents is 1. The molecule has 172 valence electrons. The number of allylic oxidation sites excluding steroid dienone is 1. The third kappa shape index (κ3) is 5.16. The molecule has 1 atom stereocenters. The van der Waals surface area contributed by atoms with E-state index in [0.717, 1.165) is 0 Å². The third-order valence-electron chi connectivity index (χ3n) is 5.07. The van der Waals surface area contributed by atoms with Crippen LogP contribution in [-0.4, -0.2) is 16.9 Å². The van der Waals surface area contributed by atoms with Crippen LogP contribution >= 0.6 is 11.6 Å². The maximum Gasteiger partial charge on any atom is 0.319 e. The summed E-state index contributed by atoms with van der Waals surface area (Å²) >= 11 is 5.92. The van der Waals surface area contributed by atoms with Gasteiger partial charge in [0.2, 0.25) is 0 Å². The number of nitro benzene ring substituents is 1. The van der Waals surface area contributed by atoms with E-state index in [-0.39, 0.29) is 16.9 Å². The predicted molar refractivity (Wildman–Crippen MR) is 127 cm³/mol. The molecule has 3 aromatic carbocycles. The summed E-state index contributed by atoms with van der Waals surface area (Å²) in [5.41, 5.74) is 1.34.